The minimum Gasteiger partial charge on any atom is -0.507 e. The van der Waals surface area contributed by atoms with Gasteiger partial charge in [0.05, 0.1) is 23.0 Å². The number of rotatable bonds is 4. The van der Waals surface area contributed by atoms with E-state index in [0.717, 1.165) is 19.3 Å². The number of phenols is 1. The molecule has 4 heterocycles. The second-order valence-electron chi connectivity index (χ2n) is 9.80. The van der Waals surface area contributed by atoms with E-state index in [9.17, 15) is 5.11 Å². The Morgan fingerprint density at radius 3 is 2.55 bits per heavy atom. The molecule has 1 aromatic carbocycles. The predicted octanol–water partition coefficient (Wildman–Crippen LogP) is 2.92. The maximum Gasteiger partial charge on any atom is 0.172 e. The third kappa shape index (κ3) is 3.35. The molecule has 5 rings (SSSR count). The summed E-state index contributed by atoms with van der Waals surface area (Å²) < 4.78 is 15.7. The minimum absolute atomic E-state index is 0.0192. The average molecular weight is 453 g/mol. The summed E-state index contributed by atoms with van der Waals surface area (Å²) in [6.07, 6.45) is 1.59. The minimum atomic E-state index is -0.991. The van der Waals surface area contributed by atoms with Crippen LogP contribution in [-0.4, -0.2) is 77.8 Å². The van der Waals surface area contributed by atoms with Gasteiger partial charge in [-0.15, -0.1) is 25.2 Å². The number of fused-ring (bicyclic) bond motifs is 2. The quantitative estimate of drug-likeness (QED) is 0.646. The van der Waals surface area contributed by atoms with Crippen molar-refractivity contribution in [3.8, 4) is 22.7 Å². The Morgan fingerprint density at radius 1 is 1.12 bits per heavy atom. The molecule has 2 saturated heterocycles. The monoisotopic (exact) mass is 452 g/mol. The van der Waals surface area contributed by atoms with E-state index in [-0.39, 0.29) is 17.3 Å². The fraction of sp³-hybridized carbons (Fsp3) is 0.522. The van der Waals surface area contributed by atoms with Crippen molar-refractivity contribution < 1.29 is 9.50 Å². The molecule has 0 radical (unpaired) electrons. The van der Waals surface area contributed by atoms with Gasteiger partial charge in [-0.3, -0.25) is 4.90 Å². The number of tetrazole rings is 1. The number of halogens is 1. The number of piperidine rings is 1. The van der Waals surface area contributed by atoms with Crippen molar-refractivity contribution in [1.82, 2.24) is 35.3 Å². The second kappa shape index (κ2) is 7.44. The molecular formula is C23H29FN8O. The summed E-state index contributed by atoms with van der Waals surface area (Å²) in [5.41, 5.74) is 1.17. The van der Waals surface area contributed by atoms with Gasteiger partial charge in [0, 0.05) is 24.2 Å². The maximum absolute atomic E-state index is 15.7. The lowest BCUT2D eigenvalue weighted by Crippen LogP contribution is -2.66. The molecule has 0 unspecified atom stereocenters. The second-order valence-corrected chi connectivity index (χ2v) is 9.80. The number of alkyl halides is 1. The molecule has 2 bridgehead atoms. The molecule has 3 aromatic rings. The van der Waals surface area contributed by atoms with E-state index in [1.165, 1.54) is 4.80 Å². The Bertz CT molecular complexity index is 1180. The van der Waals surface area contributed by atoms with Gasteiger partial charge in [-0.2, -0.15) is 0 Å². The van der Waals surface area contributed by atoms with Crippen molar-refractivity contribution >= 4 is 5.82 Å². The van der Waals surface area contributed by atoms with E-state index in [2.05, 4.69) is 37.4 Å². The van der Waals surface area contributed by atoms with Crippen LogP contribution in [0.15, 0.2) is 30.3 Å². The third-order valence-electron chi connectivity index (χ3n) is 7.84. The third-order valence-corrected chi connectivity index (χ3v) is 7.84. The molecule has 9 nitrogen and oxygen atoms in total. The lowest BCUT2D eigenvalue weighted by atomic mass is 9.80. The highest BCUT2D eigenvalue weighted by atomic mass is 19.1. The average Bonchev–Trinajstić information content (AvgIpc) is 3.31. The van der Waals surface area contributed by atoms with Crippen LogP contribution < -0.4 is 4.90 Å². The summed E-state index contributed by atoms with van der Waals surface area (Å²) >= 11 is 0. The molecule has 0 aliphatic carbocycles. The molecule has 2 aliphatic heterocycles. The van der Waals surface area contributed by atoms with E-state index in [1.807, 2.05) is 32.0 Å². The summed E-state index contributed by atoms with van der Waals surface area (Å²) in [6, 6.07) is 8.43. The predicted molar refractivity (Wildman–Crippen MR) is 122 cm³/mol. The SMILES string of the molecule is Cc1nnn(-c2ccc(-c3ccc(N(C)[C@@H]4C[C@@]5(C)CC[C@@](C)([C@H]4F)N5C)nn3)c(O)c2)n1. The van der Waals surface area contributed by atoms with Gasteiger partial charge in [0.25, 0.3) is 0 Å². The maximum atomic E-state index is 15.7. The largest absolute Gasteiger partial charge is 0.507 e. The first-order valence-corrected chi connectivity index (χ1v) is 11.2. The summed E-state index contributed by atoms with van der Waals surface area (Å²) in [5, 5.41) is 31.2. The van der Waals surface area contributed by atoms with Gasteiger partial charge in [0.1, 0.15) is 11.9 Å². The Morgan fingerprint density at radius 2 is 1.91 bits per heavy atom. The smallest absolute Gasteiger partial charge is 0.172 e. The Kier molecular flexibility index (Phi) is 4.89. The van der Waals surface area contributed by atoms with Crippen LogP contribution in [0.4, 0.5) is 10.2 Å². The number of anilines is 1. The van der Waals surface area contributed by atoms with Gasteiger partial charge >= 0.3 is 0 Å². The van der Waals surface area contributed by atoms with Crippen molar-refractivity contribution in [2.45, 2.75) is 63.3 Å². The van der Waals surface area contributed by atoms with Crippen molar-refractivity contribution in [3.63, 3.8) is 0 Å². The van der Waals surface area contributed by atoms with E-state index < -0.39 is 11.7 Å². The molecule has 2 aliphatic rings. The summed E-state index contributed by atoms with van der Waals surface area (Å²) in [7, 11) is 3.93. The van der Waals surface area contributed by atoms with Crippen molar-refractivity contribution in [1.29, 1.82) is 0 Å². The van der Waals surface area contributed by atoms with Crippen LogP contribution in [0.2, 0.25) is 0 Å². The van der Waals surface area contributed by atoms with Crippen molar-refractivity contribution in [2.24, 2.45) is 0 Å². The first kappa shape index (κ1) is 21.7. The highest BCUT2D eigenvalue weighted by Crippen LogP contribution is 2.51. The van der Waals surface area contributed by atoms with E-state index >= 15 is 4.39 Å². The zero-order valence-electron chi connectivity index (χ0n) is 19.6. The number of aromatic hydroxyl groups is 1. The van der Waals surface area contributed by atoms with Crippen molar-refractivity contribution in [2.75, 3.05) is 19.0 Å². The van der Waals surface area contributed by atoms with Gasteiger partial charge < -0.3 is 10.0 Å². The number of nitrogens with zero attached hydrogens (tertiary/aromatic N) is 8. The van der Waals surface area contributed by atoms with Crippen molar-refractivity contribution in [3.05, 3.63) is 36.2 Å². The molecule has 0 spiro atoms. The zero-order chi connectivity index (χ0) is 23.5. The van der Waals surface area contributed by atoms with Crippen LogP contribution in [-0.2, 0) is 0 Å². The number of benzene rings is 1. The normalized spacial score (nSPS) is 29.4. The Labute approximate surface area is 192 Å². The lowest BCUT2D eigenvalue weighted by molar-refractivity contribution is -0.0359. The number of hydrogen-bond acceptors (Lipinski definition) is 8. The first-order valence-electron chi connectivity index (χ1n) is 11.2. The number of aromatic nitrogens is 6. The van der Waals surface area contributed by atoms with E-state index in [1.54, 1.807) is 31.2 Å². The summed E-state index contributed by atoms with van der Waals surface area (Å²) in [6.45, 7) is 6.00. The topological polar surface area (TPSA) is 96.1 Å². The highest BCUT2D eigenvalue weighted by Gasteiger charge is 2.60. The fourth-order valence-electron chi connectivity index (χ4n) is 5.42. The molecule has 1 N–H and O–H groups in total. The van der Waals surface area contributed by atoms with Crippen LogP contribution in [0.5, 0.6) is 5.75 Å². The molecule has 0 saturated carbocycles. The number of hydrogen-bond donors (Lipinski definition) is 1. The molecule has 33 heavy (non-hydrogen) atoms. The molecule has 2 fully saturated rings. The standard InChI is InChI=1S/C23H29FN8O/c1-14-25-29-32(28-14)15-6-7-16(19(33)12-15)17-8-9-20(27-26-17)30(4)18-13-22(2)10-11-23(3,21(18)24)31(22)5/h6-9,12,18,21,33H,10-11,13H2,1-5H3/t18-,21+,22-,23+/m1/s1. The van der Waals surface area contributed by atoms with Crippen LogP contribution in [0.3, 0.4) is 0 Å². The van der Waals surface area contributed by atoms with Gasteiger partial charge in [0.15, 0.2) is 11.6 Å². The number of aryl methyl sites for hydroxylation is 1. The highest BCUT2D eigenvalue weighted by molar-refractivity contribution is 5.68. The molecule has 2 aromatic heterocycles. The number of phenolic OH excluding ortho intramolecular Hbond substituents is 1. The van der Waals surface area contributed by atoms with Gasteiger partial charge in [-0.1, -0.05) is 0 Å². The van der Waals surface area contributed by atoms with E-state index in [0.29, 0.717) is 28.6 Å². The summed E-state index contributed by atoms with van der Waals surface area (Å²) in [5.74, 6) is 1.19. The Balaban J connectivity index is 1.38. The molecule has 174 valence electrons. The zero-order valence-corrected chi connectivity index (χ0v) is 19.6. The molecule has 4 atom stereocenters. The fourth-order valence-corrected chi connectivity index (χ4v) is 5.42. The van der Waals surface area contributed by atoms with Gasteiger partial charge in [0.2, 0.25) is 0 Å². The van der Waals surface area contributed by atoms with Crippen LogP contribution >= 0.6 is 0 Å². The summed E-state index contributed by atoms with van der Waals surface area (Å²) in [4.78, 5) is 5.50. The molecular weight excluding hydrogens is 423 g/mol. The first-order chi connectivity index (χ1) is 15.6. The van der Waals surface area contributed by atoms with Gasteiger partial charge in [-0.25, -0.2) is 4.39 Å². The van der Waals surface area contributed by atoms with Gasteiger partial charge in [-0.05, 0) is 76.6 Å². The van der Waals surface area contributed by atoms with Crippen LogP contribution in [0, 0.1) is 6.92 Å². The van der Waals surface area contributed by atoms with E-state index in [4.69, 9.17) is 0 Å². The Hall–Kier alpha value is -3.14. The molecule has 0 amide bonds. The van der Waals surface area contributed by atoms with Crippen LogP contribution in [0.1, 0.15) is 38.9 Å². The van der Waals surface area contributed by atoms with Crippen LogP contribution in [0.25, 0.3) is 16.9 Å². The molecule has 10 heteroatoms. The lowest BCUT2D eigenvalue weighted by Gasteiger charge is -2.53.